The van der Waals surface area contributed by atoms with Crippen LogP contribution < -0.4 is 5.63 Å². The van der Waals surface area contributed by atoms with Gasteiger partial charge in [-0.1, -0.05) is 0 Å². The van der Waals surface area contributed by atoms with Gasteiger partial charge in [-0.3, -0.25) is 4.79 Å². The lowest BCUT2D eigenvalue weighted by atomic mass is 10.4. The van der Waals surface area contributed by atoms with E-state index in [1.165, 1.54) is 0 Å². The fourth-order valence-electron chi connectivity index (χ4n) is 0.541. The van der Waals surface area contributed by atoms with Crippen molar-refractivity contribution < 1.29 is 14.3 Å². The predicted molar refractivity (Wildman–Crippen MR) is 32.0 cm³/mol. The highest BCUT2D eigenvalue weighted by Crippen LogP contribution is 2.04. The summed E-state index contributed by atoms with van der Waals surface area (Å²) in [7, 11) is 0. The number of hydrogen-bond donors (Lipinski definition) is 1. The second kappa shape index (κ2) is 2.34. The van der Waals surface area contributed by atoms with E-state index in [1.807, 2.05) is 0 Å². The van der Waals surface area contributed by atoms with Crippen LogP contribution in [-0.4, -0.2) is 11.4 Å². The van der Waals surface area contributed by atoms with Gasteiger partial charge in [0.25, 0.3) is 0 Å². The maximum absolute atomic E-state index is 10.4. The number of aldehydes is 1. The first-order valence-electron chi connectivity index (χ1n) is 2.52. The number of carbonyl (C=O) groups excluding carboxylic acids is 1. The smallest absolute Gasteiger partial charge is 0.340 e. The number of rotatable bonds is 1. The van der Waals surface area contributed by atoms with Crippen LogP contribution in [0.1, 0.15) is 10.6 Å². The van der Waals surface area contributed by atoms with Crippen molar-refractivity contribution in [2.45, 2.75) is 0 Å². The van der Waals surface area contributed by atoms with Crippen molar-refractivity contribution in [2.24, 2.45) is 0 Å². The minimum absolute atomic E-state index is 0.176. The van der Waals surface area contributed by atoms with Gasteiger partial charge in [-0.05, 0) is 0 Å². The van der Waals surface area contributed by atoms with Crippen molar-refractivity contribution in [1.82, 2.24) is 0 Å². The molecule has 1 rings (SSSR count). The molecule has 1 N–H and O–H groups in total. The summed E-state index contributed by atoms with van der Waals surface area (Å²) in [6, 6.07) is 1.95. The summed E-state index contributed by atoms with van der Waals surface area (Å²) in [6.45, 7) is 0. The lowest BCUT2D eigenvalue weighted by Crippen LogP contribution is -1.97. The predicted octanol–water partition coefficient (Wildman–Crippen LogP) is 0.158. The first kappa shape index (κ1) is 6.54. The standard InChI is InChI=1S/C6H4O4/c7-3-5-1-4(8)2-6(9)10-5/h1-3,8H. The average molecular weight is 140 g/mol. The van der Waals surface area contributed by atoms with Gasteiger partial charge in [-0.15, -0.1) is 0 Å². The van der Waals surface area contributed by atoms with Gasteiger partial charge in [0.1, 0.15) is 5.75 Å². The van der Waals surface area contributed by atoms with Gasteiger partial charge >= 0.3 is 5.63 Å². The van der Waals surface area contributed by atoms with Crippen LogP contribution in [0.15, 0.2) is 21.3 Å². The molecule has 0 saturated carbocycles. The third kappa shape index (κ3) is 1.22. The number of hydrogen-bond acceptors (Lipinski definition) is 4. The molecule has 4 heteroatoms. The van der Waals surface area contributed by atoms with E-state index >= 15 is 0 Å². The van der Waals surface area contributed by atoms with E-state index in [0.29, 0.717) is 6.29 Å². The Morgan fingerprint density at radius 1 is 1.50 bits per heavy atom. The molecule has 0 unspecified atom stereocenters. The van der Waals surface area contributed by atoms with Gasteiger partial charge in [0, 0.05) is 6.07 Å². The Morgan fingerprint density at radius 3 is 2.70 bits per heavy atom. The highest BCUT2D eigenvalue weighted by Gasteiger charge is 1.96. The zero-order chi connectivity index (χ0) is 7.56. The zero-order valence-corrected chi connectivity index (χ0v) is 4.90. The van der Waals surface area contributed by atoms with Crippen molar-refractivity contribution in [2.75, 3.05) is 0 Å². The second-order valence-corrected chi connectivity index (χ2v) is 1.65. The monoisotopic (exact) mass is 140 g/mol. The van der Waals surface area contributed by atoms with Crippen LogP contribution in [0.3, 0.4) is 0 Å². The molecule has 0 aliphatic heterocycles. The highest BCUT2D eigenvalue weighted by molar-refractivity contribution is 5.70. The maximum atomic E-state index is 10.4. The quantitative estimate of drug-likeness (QED) is 0.564. The van der Waals surface area contributed by atoms with E-state index in [4.69, 9.17) is 5.11 Å². The SMILES string of the molecule is O=Cc1cc(O)cc(=O)o1. The molecular formula is C6H4O4. The van der Waals surface area contributed by atoms with Gasteiger partial charge in [-0.25, -0.2) is 4.79 Å². The Labute approximate surface area is 55.7 Å². The minimum Gasteiger partial charge on any atom is -0.508 e. The third-order valence-corrected chi connectivity index (χ3v) is 0.890. The van der Waals surface area contributed by atoms with Crippen LogP contribution in [0.5, 0.6) is 5.75 Å². The van der Waals surface area contributed by atoms with Crippen LogP contribution in [0, 0.1) is 0 Å². The summed E-state index contributed by atoms with van der Waals surface area (Å²) in [6.07, 6.45) is 0.348. The molecule has 1 aromatic rings. The van der Waals surface area contributed by atoms with Crippen LogP contribution in [0.4, 0.5) is 0 Å². The molecule has 4 nitrogen and oxygen atoms in total. The van der Waals surface area contributed by atoms with Crippen LogP contribution in [-0.2, 0) is 0 Å². The maximum Gasteiger partial charge on any atom is 0.340 e. The van der Waals surface area contributed by atoms with Crippen molar-refractivity contribution in [3.8, 4) is 5.75 Å². The topological polar surface area (TPSA) is 67.5 Å². The molecule has 0 atom stereocenters. The largest absolute Gasteiger partial charge is 0.508 e. The molecule has 0 fully saturated rings. The molecule has 10 heavy (non-hydrogen) atoms. The summed E-state index contributed by atoms with van der Waals surface area (Å²) in [5, 5.41) is 8.71. The molecule has 52 valence electrons. The molecule has 0 aliphatic rings. The minimum atomic E-state index is -0.734. The summed E-state index contributed by atoms with van der Waals surface area (Å²) in [4.78, 5) is 20.4. The molecule has 0 radical (unpaired) electrons. The molecule has 0 aliphatic carbocycles. The van der Waals surface area contributed by atoms with Gasteiger partial charge in [0.05, 0.1) is 6.07 Å². The van der Waals surface area contributed by atoms with E-state index in [-0.39, 0.29) is 11.5 Å². The number of carbonyl (C=O) groups is 1. The van der Waals surface area contributed by atoms with E-state index in [9.17, 15) is 9.59 Å². The molecule has 0 aromatic carbocycles. The third-order valence-electron chi connectivity index (χ3n) is 0.890. The molecule has 0 spiro atoms. The van der Waals surface area contributed by atoms with Gasteiger partial charge < -0.3 is 9.52 Å². The van der Waals surface area contributed by atoms with E-state index in [0.717, 1.165) is 12.1 Å². The van der Waals surface area contributed by atoms with Gasteiger partial charge in [0.2, 0.25) is 0 Å². The summed E-state index contributed by atoms with van der Waals surface area (Å²) in [5.41, 5.74) is -0.734. The molecule has 0 saturated heterocycles. The first-order valence-corrected chi connectivity index (χ1v) is 2.52. The van der Waals surface area contributed by atoms with E-state index in [2.05, 4.69) is 4.42 Å². The van der Waals surface area contributed by atoms with Crippen molar-refractivity contribution >= 4 is 6.29 Å². The van der Waals surface area contributed by atoms with Gasteiger partial charge in [-0.2, -0.15) is 0 Å². The van der Waals surface area contributed by atoms with Crippen LogP contribution >= 0.6 is 0 Å². The highest BCUT2D eigenvalue weighted by atomic mass is 16.4. The Hall–Kier alpha value is -1.58. The van der Waals surface area contributed by atoms with Crippen LogP contribution in [0.2, 0.25) is 0 Å². The molecule has 1 aromatic heterocycles. The normalized spacial score (nSPS) is 9.20. The number of aromatic hydroxyl groups is 1. The lowest BCUT2D eigenvalue weighted by Gasteiger charge is -1.88. The Morgan fingerprint density at radius 2 is 2.20 bits per heavy atom. The van der Waals surface area contributed by atoms with Crippen molar-refractivity contribution in [3.63, 3.8) is 0 Å². The van der Waals surface area contributed by atoms with Crippen LogP contribution in [0.25, 0.3) is 0 Å². The molecule has 0 bridgehead atoms. The first-order chi connectivity index (χ1) is 4.72. The van der Waals surface area contributed by atoms with Gasteiger partial charge in [0.15, 0.2) is 12.0 Å². The summed E-state index contributed by atoms with van der Waals surface area (Å²) < 4.78 is 4.32. The van der Waals surface area contributed by atoms with E-state index < -0.39 is 5.63 Å². The van der Waals surface area contributed by atoms with E-state index in [1.54, 1.807) is 0 Å². The van der Waals surface area contributed by atoms with Crippen molar-refractivity contribution in [3.05, 3.63) is 28.3 Å². The molecule has 1 heterocycles. The lowest BCUT2D eigenvalue weighted by molar-refractivity contribution is 0.109. The Balaban J connectivity index is 3.32. The zero-order valence-electron chi connectivity index (χ0n) is 4.90. The fraction of sp³-hybridized carbons (Fsp3) is 0. The fourth-order valence-corrected chi connectivity index (χ4v) is 0.541. The second-order valence-electron chi connectivity index (χ2n) is 1.65. The average Bonchev–Trinajstić information content (AvgIpc) is 1.85. The summed E-state index contributed by atoms with van der Waals surface area (Å²) in [5.74, 6) is -0.441. The Bertz CT molecular complexity index is 299. The molecule has 0 amide bonds. The Kier molecular flexibility index (Phi) is 1.53. The summed E-state index contributed by atoms with van der Waals surface area (Å²) >= 11 is 0. The van der Waals surface area contributed by atoms with Crippen molar-refractivity contribution in [1.29, 1.82) is 0 Å². The molecular weight excluding hydrogens is 136 g/mol.